The molecular weight excluding hydrogens is 239 g/mol. The minimum atomic E-state index is -0.191. The molecule has 1 aromatic carbocycles. The summed E-state index contributed by atoms with van der Waals surface area (Å²) in [5.41, 5.74) is 4.90. The third kappa shape index (κ3) is 5.70. The molecule has 0 heterocycles. The first-order chi connectivity index (χ1) is 9.19. The molecule has 0 aromatic heterocycles. The van der Waals surface area contributed by atoms with Gasteiger partial charge in [-0.15, -0.1) is 0 Å². The maximum atomic E-state index is 13.3. The van der Waals surface area contributed by atoms with E-state index in [0.717, 1.165) is 24.0 Å². The van der Waals surface area contributed by atoms with E-state index < -0.39 is 0 Å². The molecule has 0 fully saturated rings. The van der Waals surface area contributed by atoms with Crippen molar-refractivity contribution >= 4 is 0 Å². The summed E-state index contributed by atoms with van der Waals surface area (Å²) >= 11 is 0. The van der Waals surface area contributed by atoms with Crippen LogP contribution in [0.25, 0.3) is 0 Å². The van der Waals surface area contributed by atoms with Crippen molar-refractivity contribution in [1.29, 1.82) is 0 Å². The highest BCUT2D eigenvalue weighted by molar-refractivity contribution is 5.29. The zero-order valence-corrected chi connectivity index (χ0v) is 12.2. The smallest absolute Gasteiger partial charge is 0.123 e. The van der Waals surface area contributed by atoms with Gasteiger partial charge in [0.25, 0.3) is 0 Å². The molecule has 0 bridgehead atoms. The lowest BCUT2D eigenvalue weighted by atomic mass is 9.96. The highest BCUT2D eigenvalue weighted by Crippen LogP contribution is 2.23. The zero-order valence-electron chi connectivity index (χ0n) is 12.2. The second-order valence-electron chi connectivity index (χ2n) is 5.28. The van der Waals surface area contributed by atoms with Crippen molar-refractivity contribution in [2.24, 2.45) is 5.84 Å². The van der Waals surface area contributed by atoms with Crippen LogP contribution in [0.4, 0.5) is 4.39 Å². The topological polar surface area (TPSA) is 38.0 Å². The minimum absolute atomic E-state index is 0.0573. The summed E-state index contributed by atoms with van der Waals surface area (Å²) in [4.78, 5) is 0. The van der Waals surface area contributed by atoms with Crippen molar-refractivity contribution in [3.8, 4) is 0 Å². The van der Waals surface area contributed by atoms with Crippen molar-refractivity contribution in [2.75, 3.05) is 0 Å². The van der Waals surface area contributed by atoms with Crippen molar-refractivity contribution in [2.45, 2.75) is 64.8 Å². The van der Waals surface area contributed by atoms with Crippen LogP contribution >= 0.6 is 0 Å². The molecule has 108 valence electrons. The Morgan fingerprint density at radius 1 is 1.16 bits per heavy atom. The van der Waals surface area contributed by atoms with E-state index in [0.29, 0.717) is 0 Å². The van der Waals surface area contributed by atoms with Crippen molar-refractivity contribution in [3.63, 3.8) is 0 Å². The predicted molar refractivity (Wildman–Crippen MR) is 79.2 cm³/mol. The Kier molecular flexibility index (Phi) is 7.68. The van der Waals surface area contributed by atoms with Gasteiger partial charge in [0, 0.05) is 6.04 Å². The minimum Gasteiger partial charge on any atom is -0.271 e. The highest BCUT2D eigenvalue weighted by Gasteiger charge is 2.12. The Morgan fingerprint density at radius 2 is 1.84 bits per heavy atom. The number of halogens is 1. The molecule has 3 N–H and O–H groups in total. The number of benzene rings is 1. The zero-order chi connectivity index (χ0) is 14.1. The number of unbranched alkanes of at least 4 members (excludes halogenated alkanes) is 5. The molecule has 0 spiro atoms. The van der Waals surface area contributed by atoms with Crippen molar-refractivity contribution in [3.05, 3.63) is 35.1 Å². The first kappa shape index (κ1) is 16.1. The lowest BCUT2D eigenvalue weighted by Crippen LogP contribution is -2.28. The second-order valence-corrected chi connectivity index (χ2v) is 5.28. The van der Waals surface area contributed by atoms with Crippen molar-refractivity contribution in [1.82, 2.24) is 5.43 Å². The first-order valence-corrected chi connectivity index (χ1v) is 7.41. The summed E-state index contributed by atoms with van der Waals surface area (Å²) in [7, 11) is 0. The molecule has 1 aromatic rings. The summed E-state index contributed by atoms with van der Waals surface area (Å²) in [6, 6.07) is 4.96. The largest absolute Gasteiger partial charge is 0.271 e. The van der Waals surface area contributed by atoms with E-state index in [9.17, 15) is 4.39 Å². The molecule has 0 amide bonds. The summed E-state index contributed by atoms with van der Waals surface area (Å²) in [5.74, 6) is 5.42. The van der Waals surface area contributed by atoms with E-state index in [1.54, 1.807) is 6.07 Å². The Labute approximate surface area is 116 Å². The fraction of sp³-hybridized carbons (Fsp3) is 0.625. The molecule has 3 heteroatoms. The fourth-order valence-electron chi connectivity index (χ4n) is 2.44. The van der Waals surface area contributed by atoms with Gasteiger partial charge in [-0.3, -0.25) is 11.3 Å². The maximum absolute atomic E-state index is 13.3. The van der Waals surface area contributed by atoms with Gasteiger partial charge in [0.05, 0.1) is 0 Å². The third-order valence-electron chi connectivity index (χ3n) is 3.66. The summed E-state index contributed by atoms with van der Waals surface area (Å²) < 4.78 is 13.3. The average molecular weight is 266 g/mol. The van der Waals surface area contributed by atoms with Crippen LogP contribution in [0, 0.1) is 12.7 Å². The molecule has 0 radical (unpaired) electrons. The molecule has 1 rings (SSSR count). The molecule has 0 aliphatic rings. The van der Waals surface area contributed by atoms with Crippen LogP contribution in [0.3, 0.4) is 0 Å². The number of nitrogens with two attached hydrogens (primary N) is 1. The highest BCUT2D eigenvalue weighted by atomic mass is 19.1. The normalized spacial score (nSPS) is 12.6. The predicted octanol–water partition coefficient (Wildman–Crippen LogP) is 4.39. The summed E-state index contributed by atoms with van der Waals surface area (Å²) in [6.07, 6.45) is 8.52. The van der Waals surface area contributed by atoms with Gasteiger partial charge in [-0.05, 0) is 36.6 Å². The second kappa shape index (κ2) is 9.05. The SMILES string of the molecule is CCCCCCCCC(NN)c1cc(F)ccc1C. The number of hydrogen-bond donors (Lipinski definition) is 2. The molecule has 1 atom stereocenters. The Hall–Kier alpha value is -0.930. The summed E-state index contributed by atoms with van der Waals surface area (Å²) in [6.45, 7) is 4.22. The summed E-state index contributed by atoms with van der Waals surface area (Å²) in [5, 5.41) is 0. The van der Waals surface area contributed by atoms with E-state index in [-0.39, 0.29) is 11.9 Å². The van der Waals surface area contributed by atoms with E-state index in [1.165, 1.54) is 38.2 Å². The molecule has 1 unspecified atom stereocenters. The molecule has 0 saturated carbocycles. The number of aryl methyl sites for hydroxylation is 1. The molecule has 2 nitrogen and oxygen atoms in total. The van der Waals surface area contributed by atoms with Crippen LogP contribution in [0.2, 0.25) is 0 Å². The fourth-order valence-corrected chi connectivity index (χ4v) is 2.44. The van der Waals surface area contributed by atoms with E-state index in [4.69, 9.17) is 5.84 Å². The van der Waals surface area contributed by atoms with Crippen molar-refractivity contribution < 1.29 is 4.39 Å². The standard InChI is InChI=1S/C16H27FN2/c1-3-4-5-6-7-8-9-16(19-18)15-12-14(17)11-10-13(15)2/h10-12,16,19H,3-9,18H2,1-2H3. The average Bonchev–Trinajstić information content (AvgIpc) is 2.41. The van der Waals surface area contributed by atoms with Gasteiger partial charge in [0.1, 0.15) is 5.82 Å². The van der Waals surface area contributed by atoms with Crippen LogP contribution in [-0.2, 0) is 0 Å². The molecule has 0 aliphatic heterocycles. The molecule has 0 aliphatic carbocycles. The maximum Gasteiger partial charge on any atom is 0.123 e. The number of hydrazine groups is 1. The number of rotatable bonds is 9. The lowest BCUT2D eigenvalue weighted by Gasteiger charge is -2.18. The van der Waals surface area contributed by atoms with Crippen LogP contribution in [-0.4, -0.2) is 0 Å². The molecule has 19 heavy (non-hydrogen) atoms. The van der Waals surface area contributed by atoms with Crippen LogP contribution < -0.4 is 11.3 Å². The van der Waals surface area contributed by atoms with Gasteiger partial charge in [0.2, 0.25) is 0 Å². The van der Waals surface area contributed by atoms with Crippen LogP contribution in [0.5, 0.6) is 0 Å². The Morgan fingerprint density at radius 3 is 2.53 bits per heavy atom. The molecular formula is C16H27FN2. The van der Waals surface area contributed by atoms with E-state index >= 15 is 0 Å². The Balaban J connectivity index is 2.42. The Bertz CT molecular complexity index is 366. The third-order valence-corrected chi connectivity index (χ3v) is 3.66. The number of hydrogen-bond acceptors (Lipinski definition) is 2. The van der Waals surface area contributed by atoms with Gasteiger partial charge in [-0.25, -0.2) is 4.39 Å². The lowest BCUT2D eigenvalue weighted by molar-refractivity contribution is 0.473. The van der Waals surface area contributed by atoms with Gasteiger partial charge in [0.15, 0.2) is 0 Å². The van der Waals surface area contributed by atoms with Crippen LogP contribution in [0.15, 0.2) is 18.2 Å². The quantitative estimate of drug-likeness (QED) is 0.395. The monoisotopic (exact) mass is 266 g/mol. The van der Waals surface area contributed by atoms with Crippen LogP contribution in [0.1, 0.15) is 69.0 Å². The van der Waals surface area contributed by atoms with Gasteiger partial charge in [-0.2, -0.15) is 0 Å². The first-order valence-electron chi connectivity index (χ1n) is 7.41. The van der Waals surface area contributed by atoms with E-state index in [1.807, 2.05) is 13.0 Å². The number of nitrogens with one attached hydrogen (secondary N) is 1. The van der Waals surface area contributed by atoms with Gasteiger partial charge in [-0.1, -0.05) is 51.5 Å². The van der Waals surface area contributed by atoms with E-state index in [2.05, 4.69) is 12.3 Å². The van der Waals surface area contributed by atoms with Gasteiger partial charge >= 0.3 is 0 Å². The van der Waals surface area contributed by atoms with Gasteiger partial charge < -0.3 is 0 Å². The molecule has 0 saturated heterocycles.